The van der Waals surface area contributed by atoms with Crippen LogP contribution in [-0.2, 0) is 10.2 Å². The highest BCUT2D eigenvalue weighted by molar-refractivity contribution is 5.91. The van der Waals surface area contributed by atoms with Gasteiger partial charge in [0.2, 0.25) is 5.91 Å². The summed E-state index contributed by atoms with van der Waals surface area (Å²) in [5.74, 6) is 0.547. The summed E-state index contributed by atoms with van der Waals surface area (Å²) in [6.07, 6.45) is 4.29. The number of benzene rings is 1. The Morgan fingerprint density at radius 1 is 1.33 bits per heavy atom. The molecular formula is C20H27N3O. The molecule has 0 bridgehead atoms. The zero-order valence-corrected chi connectivity index (χ0v) is 14.7. The van der Waals surface area contributed by atoms with Crippen molar-refractivity contribution in [2.75, 3.05) is 19.6 Å². The van der Waals surface area contributed by atoms with E-state index in [0.717, 1.165) is 38.0 Å². The summed E-state index contributed by atoms with van der Waals surface area (Å²) >= 11 is 0. The first-order chi connectivity index (χ1) is 11.5. The fourth-order valence-electron chi connectivity index (χ4n) is 3.63. The number of rotatable bonds is 6. The minimum atomic E-state index is -0.412. The summed E-state index contributed by atoms with van der Waals surface area (Å²) in [7, 11) is 0. The Hall–Kier alpha value is -1.86. The van der Waals surface area contributed by atoms with E-state index in [2.05, 4.69) is 30.1 Å². The second-order valence-electron chi connectivity index (χ2n) is 7.61. The molecular weight excluding hydrogens is 298 g/mol. The lowest BCUT2D eigenvalue weighted by Gasteiger charge is -2.29. The Labute approximate surface area is 144 Å². The molecule has 24 heavy (non-hydrogen) atoms. The van der Waals surface area contributed by atoms with Crippen LogP contribution in [0, 0.1) is 17.2 Å². The average molecular weight is 325 g/mol. The quantitative estimate of drug-likeness (QED) is 0.875. The Kier molecular flexibility index (Phi) is 4.91. The van der Waals surface area contributed by atoms with Gasteiger partial charge in [0.1, 0.15) is 0 Å². The van der Waals surface area contributed by atoms with Crippen molar-refractivity contribution in [2.45, 2.75) is 51.0 Å². The summed E-state index contributed by atoms with van der Waals surface area (Å²) in [5.41, 5.74) is 1.21. The zero-order valence-electron chi connectivity index (χ0n) is 14.7. The predicted octanol–water partition coefficient (Wildman–Crippen LogP) is 2.83. The van der Waals surface area contributed by atoms with Crippen LogP contribution in [0.4, 0.5) is 0 Å². The molecule has 1 aliphatic heterocycles. The largest absolute Gasteiger partial charge is 0.351 e. The van der Waals surface area contributed by atoms with Crippen molar-refractivity contribution in [2.24, 2.45) is 5.92 Å². The zero-order chi connectivity index (χ0) is 17.2. The number of nitriles is 1. The average Bonchev–Trinajstić information content (AvgIpc) is 3.25. The van der Waals surface area contributed by atoms with Crippen LogP contribution in [0.25, 0.3) is 0 Å². The second-order valence-corrected chi connectivity index (χ2v) is 7.61. The monoisotopic (exact) mass is 325 g/mol. The van der Waals surface area contributed by atoms with Crippen molar-refractivity contribution >= 4 is 5.91 Å². The van der Waals surface area contributed by atoms with Crippen LogP contribution in [0.15, 0.2) is 24.3 Å². The Balaban J connectivity index is 1.71. The van der Waals surface area contributed by atoms with Crippen molar-refractivity contribution in [1.29, 1.82) is 5.26 Å². The molecule has 128 valence electrons. The van der Waals surface area contributed by atoms with E-state index in [4.69, 9.17) is 5.26 Å². The molecule has 4 nitrogen and oxygen atoms in total. The van der Waals surface area contributed by atoms with Crippen LogP contribution in [0.3, 0.4) is 0 Å². The van der Waals surface area contributed by atoms with Gasteiger partial charge in [0.25, 0.3) is 0 Å². The maximum Gasteiger partial charge on any atom is 0.230 e. The van der Waals surface area contributed by atoms with Gasteiger partial charge in [0, 0.05) is 12.6 Å². The number of hydrogen-bond donors (Lipinski definition) is 1. The number of nitrogens with zero attached hydrogens (tertiary/aromatic N) is 2. The Morgan fingerprint density at radius 3 is 2.62 bits per heavy atom. The molecule has 1 aliphatic carbocycles. The highest BCUT2D eigenvalue weighted by Crippen LogP contribution is 2.48. The van der Waals surface area contributed by atoms with Crippen LogP contribution in [0.1, 0.15) is 50.7 Å². The fraction of sp³-hybridized carbons (Fsp3) is 0.600. The van der Waals surface area contributed by atoms with Crippen LogP contribution >= 0.6 is 0 Å². The highest BCUT2D eigenvalue weighted by atomic mass is 16.2. The van der Waals surface area contributed by atoms with Gasteiger partial charge in [-0.25, -0.2) is 0 Å². The topological polar surface area (TPSA) is 56.1 Å². The van der Waals surface area contributed by atoms with Crippen molar-refractivity contribution < 1.29 is 4.79 Å². The molecule has 4 heteroatoms. The first-order valence-electron chi connectivity index (χ1n) is 9.09. The van der Waals surface area contributed by atoms with Gasteiger partial charge in [0.05, 0.1) is 17.0 Å². The van der Waals surface area contributed by atoms with Crippen LogP contribution < -0.4 is 5.32 Å². The van der Waals surface area contributed by atoms with Crippen molar-refractivity contribution in [3.63, 3.8) is 0 Å². The number of carbonyl (C=O) groups excluding carboxylic acids is 1. The lowest BCUT2D eigenvalue weighted by Crippen LogP contribution is -2.49. The highest BCUT2D eigenvalue weighted by Gasteiger charge is 2.51. The predicted molar refractivity (Wildman–Crippen MR) is 94.5 cm³/mol. The number of likely N-dealkylation sites (tertiary alicyclic amines) is 1. The summed E-state index contributed by atoms with van der Waals surface area (Å²) in [6, 6.07) is 9.89. The molecule has 2 aliphatic rings. The number of hydrogen-bond acceptors (Lipinski definition) is 3. The third-order valence-electron chi connectivity index (χ3n) is 5.50. The molecule has 2 fully saturated rings. The lowest BCUT2D eigenvalue weighted by molar-refractivity contribution is -0.124. The number of amides is 1. The van der Waals surface area contributed by atoms with E-state index in [-0.39, 0.29) is 11.9 Å². The maximum absolute atomic E-state index is 13.0. The van der Waals surface area contributed by atoms with Crippen molar-refractivity contribution in [1.82, 2.24) is 10.2 Å². The van der Waals surface area contributed by atoms with Gasteiger partial charge in [-0.1, -0.05) is 26.0 Å². The minimum absolute atomic E-state index is 0.135. The standard InChI is InChI=1S/C20H27N3O/c1-15(2)18(14-23-10-3-4-11-23)22-19(24)20(8-9-20)17-7-5-6-16(12-17)13-21/h5-7,12,15,18H,3-4,8-11,14H2,1-2H3,(H,22,24). The first-order valence-corrected chi connectivity index (χ1v) is 9.09. The van der Waals surface area contributed by atoms with E-state index in [1.165, 1.54) is 12.8 Å². The third kappa shape index (κ3) is 3.47. The van der Waals surface area contributed by atoms with Crippen LogP contribution in [-0.4, -0.2) is 36.5 Å². The summed E-state index contributed by atoms with van der Waals surface area (Å²) < 4.78 is 0. The van der Waals surface area contributed by atoms with Gasteiger partial charge in [-0.2, -0.15) is 5.26 Å². The molecule has 1 aromatic rings. The minimum Gasteiger partial charge on any atom is -0.351 e. The van der Waals surface area contributed by atoms with E-state index in [9.17, 15) is 4.79 Å². The van der Waals surface area contributed by atoms with Gasteiger partial charge >= 0.3 is 0 Å². The smallest absolute Gasteiger partial charge is 0.230 e. The first kappa shape index (κ1) is 17.0. The van der Waals surface area contributed by atoms with Gasteiger partial charge in [-0.15, -0.1) is 0 Å². The van der Waals surface area contributed by atoms with Gasteiger partial charge in [-0.3, -0.25) is 4.79 Å². The molecule has 1 saturated carbocycles. The van der Waals surface area contributed by atoms with E-state index in [0.29, 0.717) is 11.5 Å². The van der Waals surface area contributed by atoms with E-state index in [1.54, 1.807) is 6.07 Å². The van der Waals surface area contributed by atoms with Crippen molar-refractivity contribution in [3.05, 3.63) is 35.4 Å². The third-order valence-corrected chi connectivity index (χ3v) is 5.50. The fourth-order valence-corrected chi connectivity index (χ4v) is 3.63. The van der Waals surface area contributed by atoms with Gasteiger partial charge < -0.3 is 10.2 Å². The Morgan fingerprint density at radius 2 is 2.04 bits per heavy atom. The molecule has 0 aromatic heterocycles. The lowest BCUT2D eigenvalue weighted by atomic mass is 9.92. The normalized spacial score (nSPS) is 20.6. The molecule has 1 aromatic carbocycles. The van der Waals surface area contributed by atoms with Crippen LogP contribution in [0.5, 0.6) is 0 Å². The van der Waals surface area contributed by atoms with Crippen molar-refractivity contribution in [3.8, 4) is 6.07 Å². The molecule has 1 saturated heterocycles. The molecule has 1 unspecified atom stereocenters. The molecule has 1 amide bonds. The van der Waals surface area contributed by atoms with E-state index < -0.39 is 5.41 Å². The summed E-state index contributed by atoms with van der Waals surface area (Å²) in [4.78, 5) is 15.5. The second kappa shape index (κ2) is 6.94. The number of nitrogens with one attached hydrogen (secondary N) is 1. The van der Waals surface area contributed by atoms with Gasteiger partial charge in [0.15, 0.2) is 0 Å². The number of carbonyl (C=O) groups is 1. The molecule has 1 atom stereocenters. The molecule has 0 radical (unpaired) electrons. The Bertz CT molecular complexity index is 637. The molecule has 3 rings (SSSR count). The van der Waals surface area contributed by atoms with E-state index >= 15 is 0 Å². The van der Waals surface area contributed by atoms with E-state index in [1.807, 2.05) is 18.2 Å². The summed E-state index contributed by atoms with van der Waals surface area (Å²) in [6.45, 7) is 7.59. The SMILES string of the molecule is CC(C)C(CN1CCCC1)NC(=O)C1(c2cccc(C#N)c2)CC1. The van der Waals surface area contributed by atoms with Gasteiger partial charge in [-0.05, 0) is 62.4 Å². The summed E-state index contributed by atoms with van der Waals surface area (Å²) in [5, 5.41) is 12.4. The molecule has 1 N–H and O–H groups in total. The van der Waals surface area contributed by atoms with Crippen LogP contribution in [0.2, 0.25) is 0 Å². The maximum atomic E-state index is 13.0. The molecule has 0 spiro atoms. The molecule has 1 heterocycles.